The van der Waals surface area contributed by atoms with Crippen molar-refractivity contribution in [2.24, 2.45) is 0 Å². The number of halogens is 1. The molecule has 0 aliphatic carbocycles. The van der Waals surface area contributed by atoms with Crippen LogP contribution in [-0.4, -0.2) is 27.3 Å². The molecule has 8 heteroatoms. The van der Waals surface area contributed by atoms with E-state index in [9.17, 15) is 10.1 Å². The summed E-state index contributed by atoms with van der Waals surface area (Å²) in [5.74, 6) is 0.386. The van der Waals surface area contributed by atoms with E-state index in [0.717, 1.165) is 18.4 Å². The van der Waals surface area contributed by atoms with E-state index in [1.807, 2.05) is 36.6 Å². The lowest BCUT2D eigenvalue weighted by Crippen LogP contribution is -2.25. The molecule has 0 aliphatic rings. The Bertz CT molecular complexity index is 1400. The fourth-order valence-corrected chi connectivity index (χ4v) is 4.26. The molecule has 4 rings (SSSR count). The highest BCUT2D eigenvalue weighted by Gasteiger charge is 2.22. The molecule has 6 nitrogen and oxygen atoms in total. The Hall–Kier alpha value is -3.34. The van der Waals surface area contributed by atoms with Crippen molar-refractivity contribution in [1.82, 2.24) is 14.5 Å². The molecule has 0 bridgehead atoms. The number of rotatable bonds is 7. The van der Waals surface area contributed by atoms with Crippen LogP contribution in [0.1, 0.15) is 25.3 Å². The van der Waals surface area contributed by atoms with Crippen LogP contribution >= 0.6 is 23.4 Å². The molecule has 2 aromatic carbocycles. The second-order valence-corrected chi connectivity index (χ2v) is 8.61. The number of nitrogens with zero attached hydrogens (tertiary/aromatic N) is 4. The van der Waals surface area contributed by atoms with Crippen molar-refractivity contribution < 1.29 is 0 Å². The summed E-state index contributed by atoms with van der Waals surface area (Å²) in [7, 11) is 0. The Morgan fingerprint density at radius 2 is 1.85 bits per heavy atom. The van der Waals surface area contributed by atoms with Crippen LogP contribution in [0.5, 0.6) is 0 Å². The number of hydrogen-bond acceptors (Lipinski definition) is 6. The van der Waals surface area contributed by atoms with Crippen LogP contribution in [0.4, 0.5) is 5.95 Å². The summed E-state index contributed by atoms with van der Waals surface area (Å²) in [5, 5.41) is 14.7. The van der Waals surface area contributed by atoms with Gasteiger partial charge in [0.15, 0.2) is 0 Å². The minimum absolute atomic E-state index is 0.295. The molecule has 0 unspecified atom stereocenters. The van der Waals surface area contributed by atoms with Gasteiger partial charge < -0.3 is 5.32 Å². The summed E-state index contributed by atoms with van der Waals surface area (Å²) in [5.41, 5.74) is 2.28. The summed E-state index contributed by atoms with van der Waals surface area (Å²) in [4.78, 5) is 23.6. The highest BCUT2D eigenvalue weighted by Crippen LogP contribution is 2.32. The third-order valence-corrected chi connectivity index (χ3v) is 6.17. The van der Waals surface area contributed by atoms with Crippen molar-refractivity contribution in [2.45, 2.75) is 24.8 Å². The second-order valence-electron chi connectivity index (χ2n) is 7.38. The highest BCUT2D eigenvalue weighted by molar-refractivity contribution is 7.98. The average Bonchev–Trinajstić information content (AvgIpc) is 2.84. The molecule has 0 spiro atoms. The van der Waals surface area contributed by atoms with Crippen LogP contribution in [0.2, 0.25) is 5.02 Å². The van der Waals surface area contributed by atoms with Crippen LogP contribution in [0.3, 0.4) is 0 Å². The van der Waals surface area contributed by atoms with Crippen LogP contribution in [0.25, 0.3) is 27.8 Å². The predicted molar refractivity (Wildman–Crippen MR) is 135 cm³/mol. The van der Waals surface area contributed by atoms with Crippen molar-refractivity contribution in [2.75, 3.05) is 18.1 Å². The first-order valence-electron chi connectivity index (χ1n) is 10.6. The standard InChI is InChI=1S/C25H22ClN5OS/c1-3-4-14-28-25-30-22-19(15-27)23(33-2)29-21(16-8-6-5-7-9-16)20(22)24(32)31(25)18-12-10-17(26)11-13-18/h5-13H,3-4,14H2,1-2H3,(H,28,30). The summed E-state index contributed by atoms with van der Waals surface area (Å²) in [6.07, 6.45) is 3.77. The fraction of sp³-hybridized carbons (Fsp3) is 0.200. The minimum atomic E-state index is -0.295. The van der Waals surface area contributed by atoms with Gasteiger partial charge in [-0.2, -0.15) is 5.26 Å². The number of nitrogens with one attached hydrogen (secondary N) is 1. The molecule has 2 aromatic heterocycles. The van der Waals surface area contributed by atoms with E-state index in [0.29, 0.717) is 50.4 Å². The van der Waals surface area contributed by atoms with Gasteiger partial charge in [0.1, 0.15) is 22.2 Å². The Kier molecular flexibility index (Phi) is 6.97. The van der Waals surface area contributed by atoms with E-state index in [1.165, 1.54) is 16.3 Å². The first-order valence-corrected chi connectivity index (χ1v) is 12.2. The van der Waals surface area contributed by atoms with Crippen molar-refractivity contribution in [3.8, 4) is 23.0 Å². The van der Waals surface area contributed by atoms with Crippen LogP contribution < -0.4 is 10.9 Å². The number of hydrogen-bond donors (Lipinski definition) is 1. The Morgan fingerprint density at radius 3 is 2.48 bits per heavy atom. The molecule has 166 valence electrons. The lowest BCUT2D eigenvalue weighted by Gasteiger charge is -2.17. The van der Waals surface area contributed by atoms with Gasteiger partial charge in [0.2, 0.25) is 5.95 Å². The van der Waals surface area contributed by atoms with Gasteiger partial charge in [0.25, 0.3) is 5.56 Å². The largest absolute Gasteiger partial charge is 0.355 e. The number of aromatic nitrogens is 3. The van der Waals surface area contributed by atoms with Gasteiger partial charge >= 0.3 is 0 Å². The maximum Gasteiger partial charge on any atom is 0.269 e. The first kappa shape index (κ1) is 22.8. The van der Waals surface area contributed by atoms with Gasteiger partial charge in [-0.3, -0.25) is 4.79 Å². The topological polar surface area (TPSA) is 83.6 Å². The number of fused-ring (bicyclic) bond motifs is 1. The van der Waals surface area contributed by atoms with Crippen LogP contribution in [0.15, 0.2) is 64.4 Å². The molecule has 0 aliphatic heterocycles. The van der Waals surface area contributed by atoms with Crippen molar-refractivity contribution in [3.63, 3.8) is 0 Å². The van der Waals surface area contributed by atoms with Crippen LogP contribution in [0, 0.1) is 11.3 Å². The molecular weight excluding hydrogens is 454 g/mol. The molecule has 0 radical (unpaired) electrons. The number of nitriles is 1. The molecule has 0 atom stereocenters. The number of unbranched alkanes of at least 4 members (excludes halogenated alkanes) is 1. The van der Waals surface area contributed by atoms with Crippen LogP contribution in [-0.2, 0) is 0 Å². The Balaban J connectivity index is 2.13. The number of thioether (sulfide) groups is 1. The molecule has 33 heavy (non-hydrogen) atoms. The molecule has 0 saturated heterocycles. The van der Waals surface area contributed by atoms with E-state index in [-0.39, 0.29) is 5.56 Å². The highest BCUT2D eigenvalue weighted by atomic mass is 35.5. The summed E-state index contributed by atoms with van der Waals surface area (Å²) in [6, 6.07) is 18.7. The molecule has 2 heterocycles. The van der Waals surface area contributed by atoms with Gasteiger partial charge in [-0.15, -0.1) is 11.8 Å². The summed E-state index contributed by atoms with van der Waals surface area (Å²) < 4.78 is 1.53. The molecular formula is C25H22ClN5OS. The van der Waals surface area contributed by atoms with Gasteiger partial charge in [0, 0.05) is 17.1 Å². The predicted octanol–water partition coefficient (Wildman–Crippen LogP) is 5.91. The second kappa shape index (κ2) is 10.1. The SMILES string of the molecule is CCCCNc1nc2c(C#N)c(SC)nc(-c3ccccc3)c2c(=O)n1-c1ccc(Cl)cc1. The zero-order valence-electron chi connectivity index (χ0n) is 18.3. The number of anilines is 1. The average molecular weight is 476 g/mol. The smallest absolute Gasteiger partial charge is 0.269 e. The van der Waals surface area contributed by atoms with E-state index in [1.54, 1.807) is 24.3 Å². The molecule has 0 amide bonds. The third kappa shape index (κ3) is 4.45. The van der Waals surface area contributed by atoms with Gasteiger partial charge in [-0.25, -0.2) is 14.5 Å². The van der Waals surface area contributed by atoms with Crippen molar-refractivity contribution >= 4 is 40.2 Å². The molecule has 0 fully saturated rings. The van der Waals surface area contributed by atoms with E-state index >= 15 is 0 Å². The van der Waals surface area contributed by atoms with Crippen molar-refractivity contribution in [1.29, 1.82) is 5.26 Å². The zero-order chi connectivity index (χ0) is 23.4. The summed E-state index contributed by atoms with van der Waals surface area (Å²) in [6.45, 7) is 2.74. The Morgan fingerprint density at radius 1 is 1.12 bits per heavy atom. The number of benzene rings is 2. The molecule has 1 N–H and O–H groups in total. The van der Waals surface area contributed by atoms with Gasteiger partial charge in [-0.1, -0.05) is 55.3 Å². The molecule has 4 aromatic rings. The number of pyridine rings is 1. The van der Waals surface area contributed by atoms with Gasteiger partial charge in [0.05, 0.1) is 16.8 Å². The minimum Gasteiger partial charge on any atom is -0.355 e. The lowest BCUT2D eigenvalue weighted by molar-refractivity contribution is 0.816. The lowest BCUT2D eigenvalue weighted by atomic mass is 10.1. The van der Waals surface area contributed by atoms with E-state index < -0.39 is 0 Å². The first-order chi connectivity index (χ1) is 16.1. The van der Waals surface area contributed by atoms with E-state index in [2.05, 4.69) is 18.3 Å². The summed E-state index contributed by atoms with van der Waals surface area (Å²) >= 11 is 7.45. The van der Waals surface area contributed by atoms with Crippen molar-refractivity contribution in [3.05, 3.63) is 75.5 Å². The van der Waals surface area contributed by atoms with E-state index in [4.69, 9.17) is 21.6 Å². The maximum atomic E-state index is 14.0. The Labute approximate surface area is 201 Å². The quantitative estimate of drug-likeness (QED) is 0.264. The van der Waals surface area contributed by atoms with Gasteiger partial charge in [-0.05, 0) is 36.9 Å². The monoisotopic (exact) mass is 475 g/mol. The molecule has 0 saturated carbocycles. The normalized spacial score (nSPS) is 10.8. The fourth-order valence-electron chi connectivity index (χ4n) is 3.61. The maximum absolute atomic E-state index is 14.0. The zero-order valence-corrected chi connectivity index (χ0v) is 19.9. The third-order valence-electron chi connectivity index (χ3n) is 5.23.